The molecule has 0 radical (unpaired) electrons. The average Bonchev–Trinajstić information content (AvgIpc) is 2.91. The number of hydrogen-bond donors (Lipinski definition) is 1. The molecule has 3 heteroatoms. The summed E-state index contributed by atoms with van der Waals surface area (Å²) in [4.78, 5) is 0. The zero-order valence-electron chi connectivity index (χ0n) is 11.5. The largest absolute Gasteiger partial charge is 0.491 e. The molecule has 0 aliphatic heterocycles. The van der Waals surface area contributed by atoms with Gasteiger partial charge in [-0.05, 0) is 36.7 Å². The topological polar surface area (TPSA) is 44.5 Å². The number of nitrogens with two attached hydrogens (primary N) is 1. The molecule has 0 spiro atoms. The van der Waals surface area contributed by atoms with Crippen molar-refractivity contribution < 1.29 is 9.47 Å². The molecule has 0 amide bonds. The quantitative estimate of drug-likeness (QED) is 0.801. The molecule has 2 aliphatic carbocycles. The molecule has 3 unspecified atom stereocenters. The molecular weight excluding hydrogens is 238 g/mol. The van der Waals surface area contributed by atoms with Crippen molar-refractivity contribution in [2.75, 3.05) is 20.3 Å². The van der Waals surface area contributed by atoms with E-state index in [4.69, 9.17) is 15.2 Å². The van der Waals surface area contributed by atoms with Gasteiger partial charge in [-0.3, -0.25) is 0 Å². The first-order valence-electron chi connectivity index (χ1n) is 7.29. The summed E-state index contributed by atoms with van der Waals surface area (Å²) in [5.41, 5.74) is 7.65. The fourth-order valence-electron chi connectivity index (χ4n) is 3.74. The normalized spacial score (nSPS) is 29.9. The van der Waals surface area contributed by atoms with Gasteiger partial charge in [-0.1, -0.05) is 24.6 Å². The maximum atomic E-state index is 6.48. The van der Waals surface area contributed by atoms with Gasteiger partial charge in [-0.15, -0.1) is 0 Å². The van der Waals surface area contributed by atoms with Gasteiger partial charge in [-0.2, -0.15) is 0 Å². The number of hydrogen-bond acceptors (Lipinski definition) is 3. The number of benzene rings is 1. The molecule has 19 heavy (non-hydrogen) atoms. The smallest absolute Gasteiger partial charge is 0.124 e. The van der Waals surface area contributed by atoms with E-state index in [0.717, 1.165) is 23.1 Å². The lowest BCUT2D eigenvalue weighted by atomic mass is 9.97. The Labute approximate surface area is 115 Å². The standard InChI is InChI=1S/C16H23NO2/c1-18-9-10-19-14-8-3-2-5-13(14)16(17)15-11-6-4-7-12(11)15/h2-3,5,8,11-12,15-16H,4,6-7,9-10,17H2,1H3. The molecule has 0 aromatic heterocycles. The fourth-order valence-corrected chi connectivity index (χ4v) is 3.74. The molecule has 3 nitrogen and oxygen atoms in total. The van der Waals surface area contributed by atoms with Crippen LogP contribution in [0.5, 0.6) is 5.75 Å². The highest BCUT2D eigenvalue weighted by atomic mass is 16.5. The van der Waals surface area contributed by atoms with Crippen LogP contribution in [0.1, 0.15) is 30.9 Å². The van der Waals surface area contributed by atoms with Crippen molar-refractivity contribution in [2.24, 2.45) is 23.5 Å². The second-order valence-electron chi connectivity index (χ2n) is 5.74. The van der Waals surface area contributed by atoms with E-state index in [-0.39, 0.29) is 6.04 Å². The van der Waals surface area contributed by atoms with Crippen LogP contribution in [0, 0.1) is 17.8 Å². The molecule has 104 valence electrons. The summed E-state index contributed by atoms with van der Waals surface area (Å²) < 4.78 is 10.8. The van der Waals surface area contributed by atoms with E-state index in [2.05, 4.69) is 12.1 Å². The van der Waals surface area contributed by atoms with Gasteiger partial charge in [0.1, 0.15) is 12.4 Å². The Kier molecular flexibility index (Phi) is 3.76. The summed E-state index contributed by atoms with van der Waals surface area (Å²) in [6.07, 6.45) is 4.13. The van der Waals surface area contributed by atoms with Gasteiger partial charge in [0.2, 0.25) is 0 Å². The summed E-state index contributed by atoms with van der Waals surface area (Å²) in [7, 11) is 1.69. The van der Waals surface area contributed by atoms with Gasteiger partial charge in [0.05, 0.1) is 6.61 Å². The van der Waals surface area contributed by atoms with Crippen LogP contribution in [0.3, 0.4) is 0 Å². The summed E-state index contributed by atoms with van der Waals surface area (Å²) in [5.74, 6) is 3.36. The van der Waals surface area contributed by atoms with E-state index in [1.807, 2.05) is 12.1 Å². The van der Waals surface area contributed by atoms with Crippen LogP contribution >= 0.6 is 0 Å². The number of para-hydroxylation sites is 1. The minimum atomic E-state index is 0.133. The molecule has 2 saturated carbocycles. The molecule has 2 N–H and O–H groups in total. The lowest BCUT2D eigenvalue weighted by Gasteiger charge is -2.18. The molecule has 1 aromatic rings. The Morgan fingerprint density at radius 3 is 2.68 bits per heavy atom. The second kappa shape index (κ2) is 5.51. The first-order chi connectivity index (χ1) is 9.33. The Morgan fingerprint density at radius 2 is 1.95 bits per heavy atom. The minimum absolute atomic E-state index is 0.133. The highest BCUT2D eigenvalue weighted by Crippen LogP contribution is 2.62. The Morgan fingerprint density at radius 1 is 1.21 bits per heavy atom. The Balaban J connectivity index is 1.69. The molecule has 0 bridgehead atoms. The second-order valence-corrected chi connectivity index (χ2v) is 5.74. The van der Waals surface area contributed by atoms with Gasteiger partial charge >= 0.3 is 0 Å². The Hall–Kier alpha value is -1.06. The summed E-state index contributed by atoms with van der Waals surface area (Å²) >= 11 is 0. The van der Waals surface area contributed by atoms with Crippen LogP contribution in [0.4, 0.5) is 0 Å². The average molecular weight is 261 g/mol. The van der Waals surface area contributed by atoms with Crippen LogP contribution in [0.2, 0.25) is 0 Å². The molecular formula is C16H23NO2. The van der Waals surface area contributed by atoms with Crippen LogP contribution in [0.15, 0.2) is 24.3 Å². The third-order valence-corrected chi connectivity index (χ3v) is 4.71. The maximum absolute atomic E-state index is 6.48. The fraction of sp³-hybridized carbons (Fsp3) is 0.625. The van der Waals surface area contributed by atoms with E-state index < -0.39 is 0 Å². The highest BCUT2D eigenvalue weighted by molar-refractivity contribution is 5.37. The first-order valence-corrected chi connectivity index (χ1v) is 7.29. The van der Waals surface area contributed by atoms with Crippen molar-refractivity contribution >= 4 is 0 Å². The van der Waals surface area contributed by atoms with E-state index in [1.165, 1.54) is 19.3 Å². The molecule has 3 atom stereocenters. The molecule has 0 saturated heterocycles. The van der Waals surface area contributed by atoms with Crippen LogP contribution < -0.4 is 10.5 Å². The van der Waals surface area contributed by atoms with E-state index in [0.29, 0.717) is 19.1 Å². The third kappa shape index (κ3) is 2.49. The number of methoxy groups -OCH3 is 1. The van der Waals surface area contributed by atoms with E-state index in [9.17, 15) is 0 Å². The lowest BCUT2D eigenvalue weighted by molar-refractivity contribution is 0.145. The highest BCUT2D eigenvalue weighted by Gasteiger charge is 2.55. The number of ether oxygens (including phenoxy) is 2. The minimum Gasteiger partial charge on any atom is -0.491 e. The SMILES string of the molecule is COCCOc1ccccc1C(N)C1C2CCCC21. The van der Waals surface area contributed by atoms with Gasteiger partial charge < -0.3 is 15.2 Å². The van der Waals surface area contributed by atoms with Crippen molar-refractivity contribution in [1.82, 2.24) is 0 Å². The van der Waals surface area contributed by atoms with Crippen LogP contribution in [-0.4, -0.2) is 20.3 Å². The zero-order valence-corrected chi connectivity index (χ0v) is 11.5. The number of fused-ring (bicyclic) bond motifs is 1. The van der Waals surface area contributed by atoms with Crippen molar-refractivity contribution in [3.05, 3.63) is 29.8 Å². The van der Waals surface area contributed by atoms with Crippen molar-refractivity contribution in [1.29, 1.82) is 0 Å². The lowest BCUT2D eigenvalue weighted by Crippen LogP contribution is -2.17. The zero-order chi connectivity index (χ0) is 13.2. The summed E-state index contributed by atoms with van der Waals surface area (Å²) in [5, 5.41) is 0. The third-order valence-electron chi connectivity index (χ3n) is 4.71. The van der Waals surface area contributed by atoms with Crippen LogP contribution in [0.25, 0.3) is 0 Å². The van der Waals surface area contributed by atoms with E-state index in [1.54, 1.807) is 7.11 Å². The van der Waals surface area contributed by atoms with Gasteiger partial charge in [0, 0.05) is 18.7 Å². The van der Waals surface area contributed by atoms with Gasteiger partial charge in [0.25, 0.3) is 0 Å². The molecule has 2 aliphatic rings. The first kappa shape index (κ1) is 12.9. The summed E-state index contributed by atoms with van der Waals surface area (Å²) in [6.45, 7) is 1.19. The monoisotopic (exact) mass is 261 g/mol. The summed E-state index contributed by atoms with van der Waals surface area (Å²) in [6, 6.07) is 8.32. The van der Waals surface area contributed by atoms with E-state index >= 15 is 0 Å². The maximum Gasteiger partial charge on any atom is 0.124 e. The van der Waals surface area contributed by atoms with Crippen LogP contribution in [-0.2, 0) is 4.74 Å². The Bertz CT molecular complexity index is 425. The predicted octanol–water partition coefficient (Wildman–Crippen LogP) is 2.76. The number of rotatable bonds is 6. The van der Waals surface area contributed by atoms with Gasteiger partial charge in [-0.25, -0.2) is 0 Å². The van der Waals surface area contributed by atoms with Crippen molar-refractivity contribution in [3.63, 3.8) is 0 Å². The van der Waals surface area contributed by atoms with Gasteiger partial charge in [0.15, 0.2) is 0 Å². The molecule has 2 fully saturated rings. The van der Waals surface area contributed by atoms with Crippen molar-refractivity contribution in [3.8, 4) is 5.75 Å². The molecule has 1 aromatic carbocycles. The molecule has 0 heterocycles. The molecule has 3 rings (SSSR count). The van der Waals surface area contributed by atoms with Crippen molar-refractivity contribution in [2.45, 2.75) is 25.3 Å². The predicted molar refractivity (Wildman–Crippen MR) is 75.1 cm³/mol.